The molecule has 180 valence electrons. The summed E-state index contributed by atoms with van der Waals surface area (Å²) in [6.45, 7) is 7.85. The molecule has 0 N–H and O–H groups in total. The van der Waals surface area contributed by atoms with Crippen LogP contribution in [0.5, 0.6) is 11.5 Å². The van der Waals surface area contributed by atoms with Gasteiger partial charge in [0.15, 0.2) is 29.3 Å². The van der Waals surface area contributed by atoms with Crippen molar-refractivity contribution in [3.05, 3.63) is 77.3 Å². The fourth-order valence-corrected chi connectivity index (χ4v) is 4.63. The van der Waals surface area contributed by atoms with Gasteiger partial charge in [0, 0.05) is 42.0 Å². The number of fused-ring (bicyclic) bond motifs is 1. The lowest BCUT2D eigenvalue weighted by Gasteiger charge is -2.32. The molecule has 3 aromatic rings. The van der Waals surface area contributed by atoms with Gasteiger partial charge in [-0.15, -0.1) is 5.10 Å². The quantitative estimate of drug-likeness (QED) is 0.414. The van der Waals surface area contributed by atoms with Gasteiger partial charge in [-0.2, -0.15) is 0 Å². The zero-order chi connectivity index (χ0) is 24.5. The normalized spacial score (nSPS) is 16.5. The highest BCUT2D eigenvalue weighted by atomic mass is 35.5. The summed E-state index contributed by atoms with van der Waals surface area (Å²) in [5.74, 6) is 1.61. The Hall–Kier alpha value is -3.71. The molecule has 0 radical (unpaired) electrons. The summed E-state index contributed by atoms with van der Waals surface area (Å²) in [5, 5.41) is 7.27. The zero-order valence-corrected chi connectivity index (χ0v) is 20.7. The second-order valence-corrected chi connectivity index (χ2v) is 8.78. The Morgan fingerprint density at radius 1 is 0.971 bits per heavy atom. The molecule has 5 rings (SSSR count). The standard InChI is InChI=1S/C27H27ClN4O3/c1-4-30(5-2)21-11-13-22(14-12-21)31-26(18(3)33)29-32(23-9-7-20(28)8-10-23)27(31)19-6-15-24-25(16-19)35-17-34-24/h6-16,27H,4-5,17H2,1-3H3/t27-/m1/s1. The van der Waals surface area contributed by atoms with Crippen LogP contribution in [0.1, 0.15) is 32.5 Å². The van der Waals surface area contributed by atoms with Crippen molar-refractivity contribution < 1.29 is 14.3 Å². The van der Waals surface area contributed by atoms with Crippen molar-refractivity contribution in [2.24, 2.45) is 5.10 Å². The predicted molar refractivity (Wildman–Crippen MR) is 140 cm³/mol. The van der Waals surface area contributed by atoms with Crippen LogP contribution >= 0.6 is 11.6 Å². The number of ether oxygens (including phenoxy) is 2. The Morgan fingerprint density at radius 2 is 1.63 bits per heavy atom. The molecule has 0 aromatic heterocycles. The van der Waals surface area contributed by atoms with Crippen molar-refractivity contribution in [1.82, 2.24) is 0 Å². The van der Waals surface area contributed by atoms with Crippen LogP contribution in [-0.4, -0.2) is 31.5 Å². The number of carbonyl (C=O) groups excluding carboxylic acids is 1. The molecule has 0 spiro atoms. The summed E-state index contributed by atoms with van der Waals surface area (Å²) < 4.78 is 11.2. The highest BCUT2D eigenvalue weighted by Crippen LogP contribution is 2.43. The largest absolute Gasteiger partial charge is 0.454 e. The van der Waals surface area contributed by atoms with Gasteiger partial charge < -0.3 is 14.4 Å². The maximum atomic E-state index is 12.8. The number of halogens is 1. The average Bonchev–Trinajstić information content (AvgIpc) is 3.50. The summed E-state index contributed by atoms with van der Waals surface area (Å²) >= 11 is 6.15. The molecule has 2 heterocycles. The second kappa shape index (κ2) is 9.50. The van der Waals surface area contributed by atoms with Crippen LogP contribution in [0.4, 0.5) is 17.1 Å². The molecular formula is C27H27ClN4O3. The molecule has 0 saturated heterocycles. The lowest BCUT2D eigenvalue weighted by Crippen LogP contribution is -2.37. The number of hydrogen-bond donors (Lipinski definition) is 0. The first-order valence-corrected chi connectivity index (χ1v) is 12.1. The summed E-state index contributed by atoms with van der Waals surface area (Å²) in [5.41, 5.74) is 3.73. The molecule has 0 amide bonds. The Labute approximate surface area is 210 Å². The Balaban J connectivity index is 1.63. The van der Waals surface area contributed by atoms with Crippen LogP contribution in [0.25, 0.3) is 0 Å². The van der Waals surface area contributed by atoms with Crippen molar-refractivity contribution in [1.29, 1.82) is 0 Å². The number of ketones is 1. The van der Waals surface area contributed by atoms with Crippen LogP contribution in [0.15, 0.2) is 71.8 Å². The lowest BCUT2D eigenvalue weighted by molar-refractivity contribution is -0.111. The number of nitrogens with zero attached hydrogens (tertiary/aromatic N) is 4. The number of benzene rings is 3. The van der Waals surface area contributed by atoms with E-state index in [2.05, 4.69) is 30.9 Å². The monoisotopic (exact) mass is 490 g/mol. The molecular weight excluding hydrogens is 464 g/mol. The van der Waals surface area contributed by atoms with E-state index < -0.39 is 6.17 Å². The number of anilines is 3. The SMILES string of the molecule is CCN(CC)c1ccc(N2C(C(C)=O)=NN(c3ccc(Cl)cc3)[C@@H]2c2ccc3c(c2)OCO3)cc1. The molecule has 1 atom stereocenters. The third kappa shape index (κ3) is 4.28. The van der Waals surface area contributed by atoms with Crippen molar-refractivity contribution in [3.8, 4) is 11.5 Å². The third-order valence-electron chi connectivity index (χ3n) is 6.26. The number of amidine groups is 1. The van der Waals surface area contributed by atoms with Crippen molar-refractivity contribution in [3.63, 3.8) is 0 Å². The minimum absolute atomic E-state index is 0.125. The molecule has 0 saturated carbocycles. The van der Waals surface area contributed by atoms with Gasteiger partial charge in [0.1, 0.15) is 0 Å². The first-order valence-electron chi connectivity index (χ1n) is 11.7. The van der Waals surface area contributed by atoms with E-state index in [0.717, 1.165) is 35.7 Å². The molecule has 0 bridgehead atoms. The number of Topliss-reactive ketones (excluding diaryl/α,β-unsaturated/α-hetero) is 1. The van der Waals surface area contributed by atoms with Crippen LogP contribution in [-0.2, 0) is 4.79 Å². The van der Waals surface area contributed by atoms with E-state index >= 15 is 0 Å². The number of rotatable bonds is 7. The molecule has 8 heteroatoms. The highest BCUT2D eigenvalue weighted by molar-refractivity contribution is 6.44. The minimum Gasteiger partial charge on any atom is -0.454 e. The zero-order valence-electron chi connectivity index (χ0n) is 19.9. The number of carbonyl (C=O) groups is 1. The predicted octanol–water partition coefficient (Wildman–Crippen LogP) is 5.84. The maximum absolute atomic E-state index is 12.8. The van der Waals surface area contributed by atoms with Gasteiger partial charge >= 0.3 is 0 Å². The van der Waals surface area contributed by atoms with E-state index in [1.165, 1.54) is 6.92 Å². The molecule has 0 fully saturated rings. The molecule has 7 nitrogen and oxygen atoms in total. The molecule has 35 heavy (non-hydrogen) atoms. The molecule has 0 aliphatic carbocycles. The third-order valence-corrected chi connectivity index (χ3v) is 6.52. The van der Waals surface area contributed by atoms with Crippen LogP contribution in [0, 0.1) is 0 Å². The minimum atomic E-state index is -0.413. The van der Waals surface area contributed by atoms with Gasteiger partial charge in [0.2, 0.25) is 6.79 Å². The molecule has 3 aromatic carbocycles. The molecule has 2 aliphatic heterocycles. The van der Waals surface area contributed by atoms with E-state index in [9.17, 15) is 4.79 Å². The van der Waals surface area contributed by atoms with Gasteiger partial charge in [0.25, 0.3) is 0 Å². The smallest absolute Gasteiger partial charge is 0.231 e. The number of hydrogen-bond acceptors (Lipinski definition) is 7. The molecule has 2 aliphatic rings. The van der Waals surface area contributed by atoms with E-state index in [1.54, 1.807) is 0 Å². The fourth-order valence-electron chi connectivity index (χ4n) is 4.50. The van der Waals surface area contributed by atoms with Gasteiger partial charge in [-0.3, -0.25) is 9.69 Å². The lowest BCUT2D eigenvalue weighted by atomic mass is 10.1. The van der Waals surface area contributed by atoms with Crippen molar-refractivity contribution in [2.75, 3.05) is 34.7 Å². The van der Waals surface area contributed by atoms with Gasteiger partial charge in [0.05, 0.1) is 5.69 Å². The Kier molecular flexibility index (Phi) is 6.26. The molecule has 0 unspecified atom stereocenters. The van der Waals surface area contributed by atoms with E-state index in [1.807, 2.05) is 64.5 Å². The van der Waals surface area contributed by atoms with Gasteiger partial charge in [-0.1, -0.05) is 17.7 Å². The first-order chi connectivity index (χ1) is 17.0. The van der Waals surface area contributed by atoms with E-state index in [-0.39, 0.29) is 12.6 Å². The van der Waals surface area contributed by atoms with Crippen LogP contribution < -0.4 is 24.3 Å². The van der Waals surface area contributed by atoms with Gasteiger partial charge in [-0.05, 0) is 74.5 Å². The van der Waals surface area contributed by atoms with Crippen LogP contribution in [0.3, 0.4) is 0 Å². The topological polar surface area (TPSA) is 57.6 Å². The second-order valence-electron chi connectivity index (χ2n) is 8.35. The van der Waals surface area contributed by atoms with E-state index in [4.69, 9.17) is 26.2 Å². The summed E-state index contributed by atoms with van der Waals surface area (Å²) in [4.78, 5) is 17.1. The maximum Gasteiger partial charge on any atom is 0.231 e. The van der Waals surface area contributed by atoms with Crippen LogP contribution in [0.2, 0.25) is 5.02 Å². The average molecular weight is 491 g/mol. The first kappa shape index (κ1) is 23.1. The highest BCUT2D eigenvalue weighted by Gasteiger charge is 2.39. The summed E-state index contributed by atoms with van der Waals surface area (Å²) in [6, 6.07) is 21.5. The number of hydrazone groups is 1. The van der Waals surface area contributed by atoms with Gasteiger partial charge in [-0.25, -0.2) is 5.01 Å². The summed E-state index contributed by atoms with van der Waals surface area (Å²) in [7, 11) is 0. The van der Waals surface area contributed by atoms with E-state index in [0.29, 0.717) is 22.4 Å². The van der Waals surface area contributed by atoms with Crippen molar-refractivity contribution in [2.45, 2.75) is 26.9 Å². The van der Waals surface area contributed by atoms with Crippen molar-refractivity contribution >= 4 is 40.3 Å². The Morgan fingerprint density at radius 3 is 2.29 bits per heavy atom. The summed E-state index contributed by atoms with van der Waals surface area (Å²) in [6.07, 6.45) is -0.413. The Bertz CT molecular complexity index is 1260. The fraction of sp³-hybridized carbons (Fsp3) is 0.259.